The van der Waals surface area contributed by atoms with Crippen LogP contribution < -0.4 is 14.5 Å². The predicted octanol–water partition coefficient (Wildman–Crippen LogP) is 16.2. The van der Waals surface area contributed by atoms with Crippen molar-refractivity contribution in [2.24, 2.45) is 11.8 Å². The van der Waals surface area contributed by atoms with Gasteiger partial charge in [0.1, 0.15) is 24.0 Å². The van der Waals surface area contributed by atoms with Gasteiger partial charge in [-0.2, -0.15) is 0 Å². The van der Waals surface area contributed by atoms with Crippen molar-refractivity contribution in [1.82, 2.24) is 9.55 Å². The lowest BCUT2D eigenvalue weighted by Crippen LogP contribution is -2.24. The van der Waals surface area contributed by atoms with Crippen LogP contribution in [0.2, 0.25) is 0 Å². The first-order chi connectivity index (χ1) is 31.5. The quantitative estimate of drug-likeness (QED) is 0.130. The second kappa shape index (κ2) is 17.1. The molecule has 324 valence electrons. The Morgan fingerprint density at radius 3 is 1.86 bits per heavy atom. The third-order valence-corrected chi connectivity index (χ3v) is 12.8. The summed E-state index contributed by atoms with van der Waals surface area (Å²) in [6.07, 6.45) is 4.02. The molecule has 0 radical (unpaired) electrons. The van der Waals surface area contributed by atoms with Crippen molar-refractivity contribution < 1.29 is 4.74 Å². The number of benzene rings is 7. The van der Waals surface area contributed by atoms with E-state index in [1.54, 1.807) is 0 Å². The van der Waals surface area contributed by atoms with Gasteiger partial charge in [-0.3, -0.25) is 4.57 Å². The monoisotopic (exact) mass is 850 g/mol. The van der Waals surface area contributed by atoms with Gasteiger partial charge in [-0.1, -0.05) is 152 Å². The first kappa shape index (κ1) is 41.9. The van der Waals surface area contributed by atoms with Crippen molar-refractivity contribution in [2.75, 3.05) is 16.5 Å². The molecule has 0 atom stereocenters. The molecule has 9 aromatic rings. The van der Waals surface area contributed by atoms with Gasteiger partial charge in [0.15, 0.2) is 0 Å². The average molecular weight is 851 g/mol. The molecule has 2 aromatic heterocycles. The van der Waals surface area contributed by atoms with Gasteiger partial charge >= 0.3 is 0 Å². The van der Waals surface area contributed by atoms with E-state index in [1.807, 2.05) is 6.20 Å². The molecule has 1 aliphatic heterocycles. The van der Waals surface area contributed by atoms with Crippen LogP contribution in [0.4, 0.5) is 22.7 Å². The number of rotatable bonds is 11. The van der Waals surface area contributed by atoms with Crippen molar-refractivity contribution in [2.45, 2.75) is 66.7 Å². The van der Waals surface area contributed by atoms with E-state index in [0.717, 1.165) is 52.7 Å². The zero-order valence-electron chi connectivity index (χ0n) is 38.7. The number of anilines is 4. The van der Waals surface area contributed by atoms with Crippen LogP contribution in [0.5, 0.6) is 11.5 Å². The van der Waals surface area contributed by atoms with E-state index in [4.69, 9.17) is 9.72 Å². The van der Waals surface area contributed by atoms with Gasteiger partial charge in [0, 0.05) is 45.9 Å². The Morgan fingerprint density at radius 2 is 1.20 bits per heavy atom. The fourth-order valence-corrected chi connectivity index (χ4v) is 9.81. The minimum absolute atomic E-state index is 0.0225. The Bertz CT molecular complexity index is 3100. The highest BCUT2D eigenvalue weighted by atomic mass is 16.5. The number of fused-ring (bicyclic) bond motifs is 4. The Balaban J connectivity index is 1.06. The molecule has 0 N–H and O–H groups in total. The molecule has 0 unspecified atom stereocenters. The topological polar surface area (TPSA) is 33.5 Å². The molecule has 0 bridgehead atoms. The highest BCUT2D eigenvalue weighted by Crippen LogP contribution is 2.50. The molecule has 0 fully saturated rings. The van der Waals surface area contributed by atoms with Crippen LogP contribution in [0.25, 0.3) is 49.9 Å². The zero-order valence-corrected chi connectivity index (χ0v) is 38.7. The van der Waals surface area contributed by atoms with Crippen LogP contribution in [0.3, 0.4) is 0 Å². The second-order valence-electron chi connectivity index (χ2n) is 19.5. The number of aromatic nitrogens is 2. The highest BCUT2D eigenvalue weighted by molar-refractivity contribution is 6.11. The van der Waals surface area contributed by atoms with Gasteiger partial charge in [0.05, 0.1) is 28.1 Å². The van der Waals surface area contributed by atoms with E-state index >= 15 is 0 Å². The van der Waals surface area contributed by atoms with Gasteiger partial charge in [-0.25, -0.2) is 4.98 Å². The second-order valence-corrected chi connectivity index (χ2v) is 19.5. The van der Waals surface area contributed by atoms with E-state index < -0.39 is 0 Å². The average Bonchev–Trinajstić information content (AvgIpc) is 3.86. The van der Waals surface area contributed by atoms with Crippen molar-refractivity contribution in [3.63, 3.8) is 0 Å². The van der Waals surface area contributed by atoms with E-state index in [0.29, 0.717) is 18.5 Å². The molecule has 0 saturated heterocycles. The maximum absolute atomic E-state index is 6.90. The van der Waals surface area contributed by atoms with E-state index in [9.17, 15) is 0 Å². The van der Waals surface area contributed by atoms with E-state index in [1.165, 1.54) is 60.9 Å². The summed E-state index contributed by atoms with van der Waals surface area (Å²) in [5, 5.41) is 2.55. The fourth-order valence-electron chi connectivity index (χ4n) is 9.81. The minimum Gasteiger partial charge on any atom is -0.457 e. The number of hydrogen-bond acceptors (Lipinski definition) is 4. The molecule has 0 amide bonds. The van der Waals surface area contributed by atoms with Gasteiger partial charge in [-0.05, 0) is 113 Å². The third kappa shape index (κ3) is 8.05. The molecular weight excluding hydrogens is 793 g/mol. The number of pyridine rings is 1. The van der Waals surface area contributed by atoms with Crippen molar-refractivity contribution in [3.8, 4) is 39.6 Å². The summed E-state index contributed by atoms with van der Waals surface area (Å²) < 4.78 is 9.26. The first-order valence-corrected chi connectivity index (χ1v) is 23.2. The maximum Gasteiger partial charge on any atom is 0.137 e. The summed E-state index contributed by atoms with van der Waals surface area (Å²) in [6.45, 7) is 16.7. The molecule has 10 rings (SSSR count). The van der Waals surface area contributed by atoms with Crippen molar-refractivity contribution >= 4 is 44.6 Å². The Hall–Kier alpha value is -7.11. The molecule has 5 nitrogen and oxygen atoms in total. The fraction of sp³-hybridized carbons (Fsp3) is 0.217. The molecular formula is C60H58N4O. The van der Waals surface area contributed by atoms with Crippen LogP contribution in [-0.2, 0) is 18.3 Å². The van der Waals surface area contributed by atoms with Crippen LogP contribution in [0.15, 0.2) is 176 Å². The van der Waals surface area contributed by atoms with Gasteiger partial charge in [0.2, 0.25) is 0 Å². The zero-order chi connectivity index (χ0) is 44.8. The summed E-state index contributed by atoms with van der Waals surface area (Å²) >= 11 is 0. The molecule has 0 spiro atoms. The number of hydrogen-bond donors (Lipinski definition) is 0. The lowest BCUT2D eigenvalue weighted by atomic mass is 9.88. The summed E-state index contributed by atoms with van der Waals surface area (Å²) in [4.78, 5) is 9.91. The van der Waals surface area contributed by atoms with E-state index in [-0.39, 0.29) is 5.41 Å². The van der Waals surface area contributed by atoms with Crippen LogP contribution in [0, 0.1) is 11.8 Å². The molecule has 5 heteroatoms. The predicted molar refractivity (Wildman–Crippen MR) is 274 cm³/mol. The highest BCUT2D eigenvalue weighted by Gasteiger charge is 2.31. The van der Waals surface area contributed by atoms with Gasteiger partial charge in [-0.15, -0.1) is 0 Å². The lowest BCUT2D eigenvalue weighted by molar-refractivity contribution is 0.483. The standard InChI is InChI=1S/C60H58N4O/c1-40(2)34-44-28-31-55-58(52(44)35-41(3)4)51-30-29-48(38-56(51)64(55)57-36-45(32-33-61-57)60(5,6)7)65-47-23-16-22-46(37-47)62-39-63(54-27-15-14-26-53(54)62)59-49(42-18-10-8-11-19-42)24-17-25-50(59)43-20-12-9-13-21-43/h8-33,36-38,40-41H,34-35,39H2,1-7H3. The smallest absolute Gasteiger partial charge is 0.137 e. The molecule has 0 saturated carbocycles. The number of para-hydroxylation sites is 3. The Labute approximate surface area is 384 Å². The Kier molecular flexibility index (Phi) is 11.0. The third-order valence-electron chi connectivity index (χ3n) is 12.8. The Morgan fingerprint density at radius 1 is 0.569 bits per heavy atom. The molecule has 7 aromatic carbocycles. The largest absolute Gasteiger partial charge is 0.457 e. The van der Waals surface area contributed by atoms with Crippen molar-refractivity contribution in [1.29, 1.82) is 0 Å². The lowest BCUT2D eigenvalue weighted by Gasteiger charge is -2.27. The number of nitrogens with zero attached hydrogens (tertiary/aromatic N) is 4. The minimum atomic E-state index is -0.0225. The van der Waals surface area contributed by atoms with Gasteiger partial charge in [0.25, 0.3) is 0 Å². The molecule has 1 aliphatic rings. The van der Waals surface area contributed by atoms with Crippen LogP contribution in [-0.4, -0.2) is 16.2 Å². The molecule has 65 heavy (non-hydrogen) atoms. The van der Waals surface area contributed by atoms with Gasteiger partial charge < -0.3 is 14.5 Å². The first-order valence-electron chi connectivity index (χ1n) is 23.2. The summed E-state index contributed by atoms with van der Waals surface area (Å²) in [5.74, 6) is 3.56. The van der Waals surface area contributed by atoms with Crippen molar-refractivity contribution in [3.05, 3.63) is 193 Å². The summed E-state index contributed by atoms with van der Waals surface area (Å²) in [6, 6.07) is 61.2. The normalized spacial score (nSPS) is 12.8. The molecule has 0 aliphatic carbocycles. The molecule has 3 heterocycles. The summed E-state index contributed by atoms with van der Waals surface area (Å²) in [5.41, 5.74) is 15.7. The van der Waals surface area contributed by atoms with Crippen LogP contribution >= 0.6 is 0 Å². The maximum atomic E-state index is 6.90. The van der Waals surface area contributed by atoms with E-state index in [2.05, 4.69) is 233 Å². The SMILES string of the molecule is CC(C)Cc1ccc2c(c1CC(C)C)c1ccc(Oc3cccc(N4CN(c5c(-c6ccccc6)cccc5-c5ccccc5)c5ccccc54)c3)cc1n2-c1cc(C(C)(C)C)ccn1. The summed E-state index contributed by atoms with van der Waals surface area (Å²) in [7, 11) is 0. The van der Waals surface area contributed by atoms with Crippen LogP contribution in [0.1, 0.15) is 65.2 Å². The number of ether oxygens (including phenoxy) is 1.